The molecule has 1 aliphatic heterocycles. The lowest BCUT2D eigenvalue weighted by molar-refractivity contribution is -0.119. The lowest BCUT2D eigenvalue weighted by Crippen LogP contribution is -2.49. The molecule has 1 saturated heterocycles. The van der Waals surface area contributed by atoms with Crippen LogP contribution in [0.2, 0.25) is 0 Å². The first-order valence-corrected chi connectivity index (χ1v) is 6.88. The molecular weight excluding hydrogens is 266 g/mol. The van der Waals surface area contributed by atoms with E-state index in [1.165, 1.54) is 6.08 Å². The van der Waals surface area contributed by atoms with E-state index < -0.39 is 0 Å². The summed E-state index contributed by atoms with van der Waals surface area (Å²) in [5.41, 5.74) is 7.22. The van der Waals surface area contributed by atoms with Gasteiger partial charge in [0, 0.05) is 38.5 Å². The van der Waals surface area contributed by atoms with Crippen LogP contribution < -0.4 is 10.6 Å². The van der Waals surface area contributed by atoms with Gasteiger partial charge in [-0.3, -0.25) is 9.69 Å². The zero-order valence-corrected chi connectivity index (χ0v) is 12.1. The number of pyridine rings is 1. The van der Waals surface area contributed by atoms with Crippen LogP contribution in [0.5, 0.6) is 0 Å². The van der Waals surface area contributed by atoms with Gasteiger partial charge >= 0.3 is 0 Å². The van der Waals surface area contributed by atoms with E-state index in [0.717, 1.165) is 43.1 Å². The number of nitrogens with zero attached hydrogens (tertiary/aromatic N) is 4. The second-order valence-electron chi connectivity index (χ2n) is 5.10. The normalized spacial score (nSPS) is 16.1. The van der Waals surface area contributed by atoms with Gasteiger partial charge in [-0.25, -0.2) is 4.98 Å². The second kappa shape index (κ2) is 6.86. The number of aromatic nitrogens is 1. The summed E-state index contributed by atoms with van der Waals surface area (Å²) in [6.45, 7) is 5.60. The SMILES string of the molecule is Cc1cc(/C=C/C#N)cnc1N1CCN(CC(N)=O)CC1. The number of carbonyl (C=O) groups excluding carboxylic acids is 1. The molecule has 2 N–H and O–H groups in total. The second-order valence-corrected chi connectivity index (χ2v) is 5.10. The Hall–Kier alpha value is -2.39. The molecule has 0 atom stereocenters. The molecule has 6 nitrogen and oxygen atoms in total. The minimum absolute atomic E-state index is 0.286. The molecule has 6 heteroatoms. The van der Waals surface area contributed by atoms with Gasteiger partial charge in [-0.1, -0.05) is 0 Å². The molecule has 1 fully saturated rings. The fourth-order valence-corrected chi connectivity index (χ4v) is 2.48. The van der Waals surface area contributed by atoms with Crippen molar-refractivity contribution in [2.45, 2.75) is 6.92 Å². The molecule has 0 saturated carbocycles. The van der Waals surface area contributed by atoms with Crippen LogP contribution in [-0.4, -0.2) is 48.5 Å². The van der Waals surface area contributed by atoms with Crippen LogP contribution in [0.4, 0.5) is 5.82 Å². The lowest BCUT2D eigenvalue weighted by Gasteiger charge is -2.35. The minimum atomic E-state index is -0.286. The van der Waals surface area contributed by atoms with Crippen LogP contribution >= 0.6 is 0 Å². The van der Waals surface area contributed by atoms with E-state index in [1.54, 1.807) is 12.3 Å². The Morgan fingerprint density at radius 2 is 2.19 bits per heavy atom. The third kappa shape index (κ3) is 4.04. The highest BCUT2D eigenvalue weighted by Gasteiger charge is 2.20. The van der Waals surface area contributed by atoms with Gasteiger partial charge in [-0.15, -0.1) is 0 Å². The molecule has 1 aliphatic rings. The number of piperazine rings is 1. The van der Waals surface area contributed by atoms with Crippen molar-refractivity contribution in [2.24, 2.45) is 5.73 Å². The summed E-state index contributed by atoms with van der Waals surface area (Å²) in [5.74, 6) is 0.675. The van der Waals surface area contributed by atoms with Crippen molar-refractivity contribution in [3.63, 3.8) is 0 Å². The van der Waals surface area contributed by atoms with Crippen LogP contribution in [-0.2, 0) is 4.79 Å². The average Bonchev–Trinajstić information content (AvgIpc) is 2.46. The number of hydrogen-bond donors (Lipinski definition) is 1. The van der Waals surface area contributed by atoms with E-state index in [-0.39, 0.29) is 5.91 Å². The molecule has 21 heavy (non-hydrogen) atoms. The predicted octanol–water partition coefficient (Wildman–Crippen LogP) is 0.534. The van der Waals surface area contributed by atoms with Gasteiger partial charge in [0.2, 0.25) is 5.91 Å². The smallest absolute Gasteiger partial charge is 0.231 e. The van der Waals surface area contributed by atoms with E-state index in [4.69, 9.17) is 11.0 Å². The first kappa shape index (κ1) is 15.0. The number of hydrogen-bond acceptors (Lipinski definition) is 5. The fraction of sp³-hybridized carbons (Fsp3) is 0.400. The molecule has 1 aromatic heterocycles. The van der Waals surface area contributed by atoms with Crippen LogP contribution in [0.1, 0.15) is 11.1 Å². The van der Waals surface area contributed by atoms with E-state index in [0.29, 0.717) is 6.54 Å². The van der Waals surface area contributed by atoms with Crippen molar-refractivity contribution in [3.8, 4) is 6.07 Å². The van der Waals surface area contributed by atoms with Crippen LogP contribution in [0.15, 0.2) is 18.3 Å². The Bertz CT molecular complexity index is 582. The molecule has 0 spiro atoms. The number of rotatable bonds is 4. The number of amides is 1. The average molecular weight is 285 g/mol. The van der Waals surface area contributed by atoms with E-state index >= 15 is 0 Å². The van der Waals surface area contributed by atoms with Crippen molar-refractivity contribution in [2.75, 3.05) is 37.6 Å². The number of primary amides is 1. The van der Waals surface area contributed by atoms with Gasteiger partial charge in [0.1, 0.15) is 5.82 Å². The number of nitrogens with two attached hydrogens (primary N) is 1. The number of allylic oxidation sites excluding steroid dienone is 1. The first-order valence-electron chi connectivity index (χ1n) is 6.88. The van der Waals surface area contributed by atoms with Gasteiger partial charge in [-0.05, 0) is 30.2 Å². The maximum Gasteiger partial charge on any atom is 0.231 e. The molecule has 0 aliphatic carbocycles. The maximum absolute atomic E-state index is 10.9. The van der Waals surface area contributed by atoms with Crippen molar-refractivity contribution >= 4 is 17.8 Å². The molecule has 0 bridgehead atoms. The van der Waals surface area contributed by atoms with Gasteiger partial charge in [-0.2, -0.15) is 5.26 Å². The molecular formula is C15H19N5O. The van der Waals surface area contributed by atoms with Crippen molar-refractivity contribution in [3.05, 3.63) is 29.5 Å². The van der Waals surface area contributed by atoms with E-state index in [2.05, 4.69) is 14.8 Å². The summed E-state index contributed by atoms with van der Waals surface area (Å²) in [6.07, 6.45) is 4.96. The van der Waals surface area contributed by atoms with Crippen molar-refractivity contribution in [1.29, 1.82) is 5.26 Å². The third-order valence-corrected chi connectivity index (χ3v) is 3.47. The molecule has 2 rings (SSSR count). The van der Waals surface area contributed by atoms with Crippen LogP contribution in [0, 0.1) is 18.3 Å². The minimum Gasteiger partial charge on any atom is -0.369 e. The quantitative estimate of drug-likeness (QED) is 0.816. The maximum atomic E-state index is 10.9. The predicted molar refractivity (Wildman–Crippen MR) is 81.5 cm³/mol. The number of anilines is 1. The summed E-state index contributed by atoms with van der Waals surface area (Å²) < 4.78 is 0. The van der Waals surface area contributed by atoms with Gasteiger partial charge in [0.05, 0.1) is 12.6 Å². The Kier molecular flexibility index (Phi) is 4.90. The molecule has 0 aromatic carbocycles. The van der Waals surface area contributed by atoms with Crippen molar-refractivity contribution in [1.82, 2.24) is 9.88 Å². The molecule has 0 unspecified atom stereocenters. The summed E-state index contributed by atoms with van der Waals surface area (Å²) in [5, 5.41) is 8.54. The molecule has 1 aromatic rings. The Morgan fingerprint density at radius 1 is 1.48 bits per heavy atom. The summed E-state index contributed by atoms with van der Waals surface area (Å²) >= 11 is 0. The Morgan fingerprint density at radius 3 is 2.76 bits per heavy atom. The zero-order valence-electron chi connectivity index (χ0n) is 12.1. The van der Waals surface area contributed by atoms with Crippen LogP contribution in [0.25, 0.3) is 6.08 Å². The van der Waals surface area contributed by atoms with Gasteiger partial charge < -0.3 is 10.6 Å². The number of nitriles is 1. The highest BCUT2D eigenvalue weighted by atomic mass is 16.1. The molecule has 0 radical (unpaired) electrons. The first-order chi connectivity index (χ1) is 10.1. The fourth-order valence-electron chi connectivity index (χ4n) is 2.48. The summed E-state index contributed by atoms with van der Waals surface area (Å²) in [4.78, 5) is 19.7. The highest BCUT2D eigenvalue weighted by Crippen LogP contribution is 2.20. The Balaban J connectivity index is 2.02. The van der Waals surface area contributed by atoms with Gasteiger partial charge in [0.25, 0.3) is 0 Å². The highest BCUT2D eigenvalue weighted by molar-refractivity contribution is 5.76. The summed E-state index contributed by atoms with van der Waals surface area (Å²) in [7, 11) is 0. The summed E-state index contributed by atoms with van der Waals surface area (Å²) in [6, 6.07) is 3.99. The van der Waals surface area contributed by atoms with E-state index in [9.17, 15) is 4.79 Å². The molecule has 110 valence electrons. The van der Waals surface area contributed by atoms with E-state index in [1.807, 2.05) is 19.1 Å². The van der Waals surface area contributed by atoms with Crippen LogP contribution in [0.3, 0.4) is 0 Å². The lowest BCUT2D eigenvalue weighted by atomic mass is 10.1. The standard InChI is InChI=1S/C15H19N5O/c1-12-9-13(3-2-4-16)10-18-15(12)20-7-5-19(6-8-20)11-14(17)21/h2-3,9-10H,5-8,11H2,1H3,(H2,17,21)/b3-2+. The topological polar surface area (TPSA) is 86.2 Å². The molecule has 2 heterocycles. The third-order valence-electron chi connectivity index (χ3n) is 3.47. The number of aryl methyl sites for hydroxylation is 1. The van der Waals surface area contributed by atoms with Gasteiger partial charge in [0.15, 0.2) is 0 Å². The molecule has 1 amide bonds. The monoisotopic (exact) mass is 285 g/mol. The number of carbonyl (C=O) groups is 1. The largest absolute Gasteiger partial charge is 0.369 e. The van der Waals surface area contributed by atoms with Crippen molar-refractivity contribution < 1.29 is 4.79 Å². The zero-order chi connectivity index (χ0) is 15.2. The Labute approximate surface area is 124 Å².